The number of halogens is 1. The minimum absolute atomic E-state index is 0. The molecule has 2 N–H and O–H groups in total. The lowest BCUT2D eigenvalue weighted by Gasteiger charge is -2.30. The lowest BCUT2D eigenvalue weighted by molar-refractivity contribution is 0.295. The van der Waals surface area contributed by atoms with Gasteiger partial charge in [-0.25, -0.2) is 0 Å². The van der Waals surface area contributed by atoms with Gasteiger partial charge in [0, 0.05) is 41.9 Å². The van der Waals surface area contributed by atoms with Crippen molar-refractivity contribution in [2.75, 3.05) is 19.3 Å². The van der Waals surface area contributed by atoms with Gasteiger partial charge < -0.3 is 10.6 Å². The molecule has 0 saturated heterocycles. The van der Waals surface area contributed by atoms with Crippen LogP contribution < -0.4 is 10.6 Å². The van der Waals surface area contributed by atoms with E-state index >= 15 is 0 Å². The molecular weight excluding hydrogens is 457 g/mol. The predicted molar refractivity (Wildman–Crippen MR) is 124 cm³/mol. The Labute approximate surface area is 178 Å². The van der Waals surface area contributed by atoms with E-state index in [1.165, 1.54) is 38.5 Å². The Morgan fingerprint density at radius 2 is 1.88 bits per heavy atom. The third-order valence-corrected chi connectivity index (χ3v) is 6.22. The smallest absolute Gasteiger partial charge is 0.191 e. The highest BCUT2D eigenvalue weighted by Gasteiger charge is 2.21. The van der Waals surface area contributed by atoms with Gasteiger partial charge in [0.2, 0.25) is 0 Å². The maximum atomic E-state index is 12.2. The summed E-state index contributed by atoms with van der Waals surface area (Å²) in [6, 6.07) is 10.5. The van der Waals surface area contributed by atoms with E-state index in [2.05, 4.69) is 22.5 Å². The van der Waals surface area contributed by atoms with Gasteiger partial charge in [-0.2, -0.15) is 0 Å². The highest BCUT2D eigenvalue weighted by Crippen LogP contribution is 2.27. The third-order valence-electron chi connectivity index (χ3n) is 4.90. The molecule has 26 heavy (non-hydrogen) atoms. The SMILES string of the molecule is CCCC1CCC(NC(=NC)NCCS(=O)Cc2ccccc2)CC1.I. The molecule has 0 heterocycles. The van der Waals surface area contributed by atoms with Crippen molar-refractivity contribution in [3.8, 4) is 0 Å². The molecule has 1 aliphatic carbocycles. The molecule has 4 nitrogen and oxygen atoms in total. The van der Waals surface area contributed by atoms with Crippen LogP contribution in [0.1, 0.15) is 51.0 Å². The molecular formula is C20H34IN3OS. The van der Waals surface area contributed by atoms with E-state index in [0.29, 0.717) is 24.1 Å². The average molecular weight is 491 g/mol. The van der Waals surface area contributed by atoms with Gasteiger partial charge in [0.25, 0.3) is 0 Å². The molecule has 2 rings (SSSR count). The standard InChI is InChI=1S/C20H33N3OS.HI/c1-3-7-17-10-12-19(13-11-17)23-20(21-2)22-14-15-25(24)16-18-8-5-4-6-9-18;/h4-6,8-9,17,19H,3,7,10-16H2,1-2H3,(H2,21,22,23);1H. The summed E-state index contributed by atoms with van der Waals surface area (Å²) in [4.78, 5) is 4.31. The number of nitrogens with one attached hydrogen (secondary N) is 2. The fourth-order valence-corrected chi connectivity index (χ4v) is 4.55. The molecule has 0 amide bonds. The minimum atomic E-state index is -0.849. The second kappa shape index (κ2) is 13.5. The van der Waals surface area contributed by atoms with Crippen LogP contribution in [0.5, 0.6) is 0 Å². The van der Waals surface area contributed by atoms with Gasteiger partial charge in [-0.05, 0) is 37.2 Å². The van der Waals surface area contributed by atoms with Crippen molar-refractivity contribution in [2.45, 2.75) is 57.2 Å². The molecule has 0 aliphatic heterocycles. The molecule has 1 saturated carbocycles. The number of hydrogen-bond donors (Lipinski definition) is 2. The second-order valence-electron chi connectivity index (χ2n) is 6.92. The summed E-state index contributed by atoms with van der Waals surface area (Å²) < 4.78 is 12.2. The van der Waals surface area contributed by atoms with Crippen molar-refractivity contribution in [1.82, 2.24) is 10.6 Å². The molecule has 1 aliphatic rings. The van der Waals surface area contributed by atoms with Gasteiger partial charge >= 0.3 is 0 Å². The molecule has 0 bridgehead atoms. The quantitative estimate of drug-likeness (QED) is 0.328. The first-order chi connectivity index (χ1) is 12.2. The zero-order chi connectivity index (χ0) is 17.9. The van der Waals surface area contributed by atoms with Gasteiger partial charge in [-0.15, -0.1) is 24.0 Å². The first-order valence-electron chi connectivity index (χ1n) is 9.57. The highest BCUT2D eigenvalue weighted by molar-refractivity contribution is 14.0. The average Bonchev–Trinajstić information content (AvgIpc) is 2.63. The minimum Gasteiger partial charge on any atom is -0.355 e. The maximum Gasteiger partial charge on any atom is 0.191 e. The molecule has 0 spiro atoms. The van der Waals surface area contributed by atoms with Gasteiger partial charge in [-0.3, -0.25) is 9.20 Å². The van der Waals surface area contributed by atoms with Gasteiger partial charge in [0.05, 0.1) is 0 Å². The first-order valence-corrected chi connectivity index (χ1v) is 11.1. The Bertz CT molecular complexity index is 545. The van der Waals surface area contributed by atoms with Gasteiger partial charge in [-0.1, -0.05) is 50.1 Å². The van der Waals surface area contributed by atoms with Crippen molar-refractivity contribution < 1.29 is 4.21 Å². The van der Waals surface area contributed by atoms with Crippen LogP contribution in [0.4, 0.5) is 0 Å². The van der Waals surface area contributed by atoms with Crippen LogP contribution in [0.2, 0.25) is 0 Å². The third kappa shape index (κ3) is 8.84. The zero-order valence-electron chi connectivity index (χ0n) is 16.1. The second-order valence-corrected chi connectivity index (χ2v) is 8.50. The number of rotatable bonds is 8. The van der Waals surface area contributed by atoms with Crippen LogP contribution in [0.3, 0.4) is 0 Å². The molecule has 1 unspecified atom stereocenters. The Morgan fingerprint density at radius 1 is 1.19 bits per heavy atom. The fraction of sp³-hybridized carbons (Fsp3) is 0.650. The normalized spacial score (nSPS) is 21.5. The highest BCUT2D eigenvalue weighted by atomic mass is 127. The molecule has 0 radical (unpaired) electrons. The molecule has 6 heteroatoms. The van der Waals surface area contributed by atoms with Crippen LogP contribution in [0, 0.1) is 5.92 Å². The molecule has 1 fully saturated rings. The lowest BCUT2D eigenvalue weighted by atomic mass is 9.83. The van der Waals surface area contributed by atoms with E-state index in [-0.39, 0.29) is 24.0 Å². The number of guanidine groups is 1. The van der Waals surface area contributed by atoms with Crippen molar-refractivity contribution >= 4 is 40.7 Å². The largest absolute Gasteiger partial charge is 0.355 e. The molecule has 1 atom stereocenters. The molecule has 1 aromatic rings. The summed E-state index contributed by atoms with van der Waals surface area (Å²) in [5, 5.41) is 6.85. The van der Waals surface area contributed by atoms with E-state index in [9.17, 15) is 4.21 Å². The lowest BCUT2D eigenvalue weighted by Crippen LogP contribution is -2.45. The number of nitrogens with zero attached hydrogens (tertiary/aromatic N) is 1. The predicted octanol–water partition coefficient (Wildman–Crippen LogP) is 4.08. The first kappa shape index (κ1) is 23.4. The van der Waals surface area contributed by atoms with E-state index in [1.807, 2.05) is 30.3 Å². The zero-order valence-corrected chi connectivity index (χ0v) is 19.2. The molecule has 0 aromatic heterocycles. The van der Waals surface area contributed by atoms with Crippen molar-refractivity contribution in [3.63, 3.8) is 0 Å². The summed E-state index contributed by atoms with van der Waals surface area (Å²) in [6.07, 6.45) is 7.77. The van der Waals surface area contributed by atoms with Crippen LogP contribution in [-0.4, -0.2) is 35.6 Å². The van der Waals surface area contributed by atoms with Crippen LogP contribution in [-0.2, 0) is 16.6 Å². The van der Waals surface area contributed by atoms with Crippen molar-refractivity contribution in [2.24, 2.45) is 10.9 Å². The Hall–Kier alpha value is -0.630. The van der Waals surface area contributed by atoms with Crippen molar-refractivity contribution in [1.29, 1.82) is 0 Å². The van der Waals surface area contributed by atoms with E-state index in [0.717, 1.165) is 17.4 Å². The summed E-state index contributed by atoms with van der Waals surface area (Å²) in [5.74, 6) is 3.02. The number of hydrogen-bond acceptors (Lipinski definition) is 2. The van der Waals surface area contributed by atoms with E-state index in [1.54, 1.807) is 7.05 Å². The monoisotopic (exact) mass is 491 g/mol. The van der Waals surface area contributed by atoms with Crippen LogP contribution in [0.15, 0.2) is 35.3 Å². The van der Waals surface area contributed by atoms with Crippen LogP contribution in [0.25, 0.3) is 0 Å². The maximum absolute atomic E-state index is 12.2. The Balaban J connectivity index is 0.00000338. The topological polar surface area (TPSA) is 53.5 Å². The summed E-state index contributed by atoms with van der Waals surface area (Å²) in [6.45, 7) is 2.96. The Kier molecular flexibility index (Phi) is 12.2. The molecule has 148 valence electrons. The summed E-state index contributed by atoms with van der Waals surface area (Å²) >= 11 is 0. The summed E-state index contributed by atoms with van der Waals surface area (Å²) in [7, 11) is 0.956. The van der Waals surface area contributed by atoms with Gasteiger partial charge in [0.1, 0.15) is 0 Å². The fourth-order valence-electron chi connectivity index (χ4n) is 3.51. The number of benzene rings is 1. The summed E-state index contributed by atoms with van der Waals surface area (Å²) in [5.41, 5.74) is 1.13. The molecule has 1 aromatic carbocycles. The van der Waals surface area contributed by atoms with E-state index < -0.39 is 10.8 Å². The van der Waals surface area contributed by atoms with E-state index in [4.69, 9.17) is 0 Å². The van der Waals surface area contributed by atoms with Gasteiger partial charge in [0.15, 0.2) is 5.96 Å². The number of aliphatic imine (C=N–C) groups is 1. The van der Waals surface area contributed by atoms with Crippen molar-refractivity contribution in [3.05, 3.63) is 35.9 Å². The Morgan fingerprint density at radius 3 is 2.50 bits per heavy atom. The van der Waals surface area contributed by atoms with Crippen LogP contribution >= 0.6 is 24.0 Å².